The molecule has 0 unspecified atom stereocenters. The molecule has 0 amide bonds. The summed E-state index contributed by atoms with van der Waals surface area (Å²) in [6.07, 6.45) is 7.68. The zero-order valence-electron chi connectivity index (χ0n) is 15.3. The standard InChI is InChI=1S/C20H21N5O2S/c26-28(27,18-8-7-16-5-1-2-6-17(16)12-18)25-20-10-9-19(23-24-20)22-14-15-4-3-11-21-13-15/h3-4,7-13H,1-2,5-6,14H2,(H,22,23)(H,24,25). The lowest BCUT2D eigenvalue weighted by atomic mass is 9.92. The van der Waals surface area contributed by atoms with Crippen molar-refractivity contribution >= 4 is 21.7 Å². The third-order valence-corrected chi connectivity index (χ3v) is 6.08. The first kappa shape index (κ1) is 18.4. The number of sulfonamides is 1. The van der Waals surface area contributed by atoms with Gasteiger partial charge in [0, 0.05) is 18.9 Å². The highest BCUT2D eigenvalue weighted by Crippen LogP contribution is 2.25. The van der Waals surface area contributed by atoms with Crippen LogP contribution in [0.15, 0.2) is 59.8 Å². The number of nitrogens with zero attached hydrogens (tertiary/aromatic N) is 3. The van der Waals surface area contributed by atoms with Crippen molar-refractivity contribution in [2.24, 2.45) is 0 Å². The zero-order chi connectivity index (χ0) is 19.4. The first-order valence-corrected chi connectivity index (χ1v) is 10.7. The van der Waals surface area contributed by atoms with Crippen LogP contribution in [0.5, 0.6) is 0 Å². The Morgan fingerprint density at radius 2 is 1.71 bits per heavy atom. The Kier molecular flexibility index (Phi) is 5.21. The molecule has 4 rings (SSSR count). The molecule has 7 nitrogen and oxygen atoms in total. The van der Waals surface area contributed by atoms with Gasteiger partial charge in [0.05, 0.1) is 4.90 Å². The van der Waals surface area contributed by atoms with Crippen molar-refractivity contribution in [2.45, 2.75) is 37.1 Å². The number of pyridine rings is 1. The van der Waals surface area contributed by atoms with Crippen LogP contribution in [0.4, 0.5) is 11.6 Å². The highest BCUT2D eigenvalue weighted by molar-refractivity contribution is 7.92. The van der Waals surface area contributed by atoms with Gasteiger partial charge in [0.25, 0.3) is 10.0 Å². The second-order valence-electron chi connectivity index (χ2n) is 6.76. The number of hydrogen-bond acceptors (Lipinski definition) is 6. The first-order chi connectivity index (χ1) is 13.6. The van der Waals surface area contributed by atoms with E-state index in [1.807, 2.05) is 18.2 Å². The van der Waals surface area contributed by atoms with Gasteiger partial charge in [-0.3, -0.25) is 9.71 Å². The summed E-state index contributed by atoms with van der Waals surface area (Å²) in [7, 11) is -3.70. The number of fused-ring (bicyclic) bond motifs is 1. The van der Waals surface area contributed by atoms with E-state index in [1.54, 1.807) is 36.7 Å². The van der Waals surface area contributed by atoms with Crippen LogP contribution in [0.1, 0.15) is 29.5 Å². The van der Waals surface area contributed by atoms with E-state index >= 15 is 0 Å². The SMILES string of the molecule is O=S(=O)(Nc1ccc(NCc2cccnc2)nn1)c1ccc2c(c1)CCCC2. The normalized spacial score (nSPS) is 13.6. The van der Waals surface area contributed by atoms with Crippen molar-refractivity contribution in [3.8, 4) is 0 Å². The minimum Gasteiger partial charge on any atom is -0.364 e. The van der Waals surface area contributed by atoms with Crippen molar-refractivity contribution in [3.63, 3.8) is 0 Å². The molecule has 0 radical (unpaired) electrons. The van der Waals surface area contributed by atoms with Crippen molar-refractivity contribution < 1.29 is 8.42 Å². The van der Waals surface area contributed by atoms with Crippen LogP contribution in [0, 0.1) is 0 Å². The molecule has 0 saturated heterocycles. The maximum absolute atomic E-state index is 12.7. The van der Waals surface area contributed by atoms with Gasteiger partial charge in [-0.1, -0.05) is 12.1 Å². The predicted molar refractivity (Wildman–Crippen MR) is 107 cm³/mol. The largest absolute Gasteiger partial charge is 0.364 e. The summed E-state index contributed by atoms with van der Waals surface area (Å²) in [5, 5.41) is 11.1. The van der Waals surface area contributed by atoms with E-state index < -0.39 is 10.0 Å². The van der Waals surface area contributed by atoms with Gasteiger partial charge in [-0.2, -0.15) is 0 Å². The van der Waals surface area contributed by atoms with Gasteiger partial charge in [0.15, 0.2) is 5.82 Å². The van der Waals surface area contributed by atoms with Gasteiger partial charge in [0.1, 0.15) is 5.82 Å². The fraction of sp³-hybridized carbons (Fsp3) is 0.250. The predicted octanol–water partition coefficient (Wildman–Crippen LogP) is 3.16. The smallest absolute Gasteiger partial charge is 0.263 e. The molecule has 0 fully saturated rings. The van der Waals surface area contributed by atoms with Gasteiger partial charge in [-0.25, -0.2) is 8.42 Å². The summed E-state index contributed by atoms with van der Waals surface area (Å²) in [4.78, 5) is 4.31. The maximum Gasteiger partial charge on any atom is 0.263 e. The molecule has 8 heteroatoms. The van der Waals surface area contributed by atoms with Crippen LogP contribution in [0.25, 0.3) is 0 Å². The minimum absolute atomic E-state index is 0.185. The van der Waals surface area contributed by atoms with Crippen molar-refractivity contribution in [1.82, 2.24) is 15.2 Å². The van der Waals surface area contributed by atoms with E-state index in [9.17, 15) is 8.42 Å². The average Bonchev–Trinajstić information content (AvgIpc) is 2.73. The van der Waals surface area contributed by atoms with Crippen LogP contribution in [-0.4, -0.2) is 23.6 Å². The maximum atomic E-state index is 12.7. The number of anilines is 2. The molecule has 0 atom stereocenters. The third-order valence-electron chi connectivity index (χ3n) is 4.73. The Labute approximate surface area is 164 Å². The van der Waals surface area contributed by atoms with E-state index in [-0.39, 0.29) is 10.7 Å². The van der Waals surface area contributed by atoms with Crippen LogP contribution in [-0.2, 0) is 29.4 Å². The van der Waals surface area contributed by atoms with Crippen LogP contribution >= 0.6 is 0 Å². The van der Waals surface area contributed by atoms with Crippen LogP contribution in [0.3, 0.4) is 0 Å². The van der Waals surface area contributed by atoms with E-state index in [4.69, 9.17) is 0 Å². The van der Waals surface area contributed by atoms with E-state index in [0.29, 0.717) is 12.4 Å². The van der Waals surface area contributed by atoms with Crippen LogP contribution < -0.4 is 10.0 Å². The molecule has 2 heterocycles. The fourth-order valence-corrected chi connectivity index (χ4v) is 4.30. The summed E-state index contributed by atoms with van der Waals surface area (Å²) in [5.41, 5.74) is 3.38. The molecular formula is C20H21N5O2S. The van der Waals surface area contributed by atoms with Crippen molar-refractivity contribution in [2.75, 3.05) is 10.0 Å². The first-order valence-electron chi connectivity index (χ1n) is 9.21. The van der Waals surface area contributed by atoms with E-state index in [2.05, 4.69) is 25.2 Å². The molecule has 1 aromatic carbocycles. The number of aromatic nitrogens is 3. The molecule has 3 aromatic rings. The Bertz CT molecular complexity index is 1050. The Morgan fingerprint density at radius 3 is 2.46 bits per heavy atom. The van der Waals surface area contributed by atoms with Crippen molar-refractivity contribution in [3.05, 3.63) is 71.5 Å². The summed E-state index contributed by atoms with van der Waals surface area (Å²) >= 11 is 0. The molecule has 0 aliphatic heterocycles. The molecule has 2 N–H and O–H groups in total. The highest BCUT2D eigenvalue weighted by Gasteiger charge is 2.18. The molecule has 28 heavy (non-hydrogen) atoms. The fourth-order valence-electron chi connectivity index (χ4n) is 3.25. The lowest BCUT2D eigenvalue weighted by molar-refractivity contribution is 0.600. The number of aryl methyl sites for hydroxylation is 2. The number of hydrogen-bond donors (Lipinski definition) is 2. The van der Waals surface area contributed by atoms with Gasteiger partial charge < -0.3 is 5.32 Å². The third kappa shape index (κ3) is 4.28. The monoisotopic (exact) mass is 395 g/mol. The van der Waals surface area contributed by atoms with E-state index in [1.165, 1.54) is 5.56 Å². The Morgan fingerprint density at radius 1 is 0.929 bits per heavy atom. The summed E-state index contributed by atoms with van der Waals surface area (Å²) in [6, 6.07) is 12.4. The zero-order valence-corrected chi connectivity index (χ0v) is 16.1. The molecule has 0 spiro atoms. The molecule has 144 valence electrons. The molecule has 0 bridgehead atoms. The molecule has 1 aliphatic rings. The van der Waals surface area contributed by atoms with Crippen molar-refractivity contribution in [1.29, 1.82) is 0 Å². The van der Waals surface area contributed by atoms with E-state index in [0.717, 1.165) is 36.8 Å². The lowest BCUT2D eigenvalue weighted by Crippen LogP contribution is -2.15. The molecular weight excluding hydrogens is 374 g/mol. The topological polar surface area (TPSA) is 96.9 Å². The number of rotatable bonds is 6. The summed E-state index contributed by atoms with van der Waals surface area (Å²) < 4.78 is 27.9. The van der Waals surface area contributed by atoms with Gasteiger partial charge in [-0.15, -0.1) is 10.2 Å². The summed E-state index contributed by atoms with van der Waals surface area (Å²) in [6.45, 7) is 0.558. The molecule has 2 aromatic heterocycles. The quantitative estimate of drug-likeness (QED) is 0.665. The van der Waals surface area contributed by atoms with Gasteiger partial charge >= 0.3 is 0 Å². The van der Waals surface area contributed by atoms with Gasteiger partial charge in [0.2, 0.25) is 0 Å². The second kappa shape index (κ2) is 7.93. The number of nitrogens with one attached hydrogen (secondary N) is 2. The average molecular weight is 395 g/mol. The minimum atomic E-state index is -3.70. The Hall–Kier alpha value is -3.00. The molecule has 1 aliphatic carbocycles. The Balaban J connectivity index is 1.43. The van der Waals surface area contributed by atoms with Gasteiger partial charge in [-0.05, 0) is 72.7 Å². The van der Waals surface area contributed by atoms with Crippen LogP contribution in [0.2, 0.25) is 0 Å². The highest BCUT2D eigenvalue weighted by atomic mass is 32.2. The molecule has 0 saturated carbocycles. The lowest BCUT2D eigenvalue weighted by Gasteiger charge is -2.16. The number of benzene rings is 1. The summed E-state index contributed by atoms with van der Waals surface area (Å²) in [5.74, 6) is 0.741. The second-order valence-corrected chi connectivity index (χ2v) is 8.44.